The summed E-state index contributed by atoms with van der Waals surface area (Å²) in [6.45, 7) is 6.84. The van der Waals surface area contributed by atoms with E-state index in [1.54, 1.807) is 0 Å². The average Bonchev–Trinajstić information content (AvgIpc) is 2.72. The Labute approximate surface area is 114 Å². The highest BCUT2D eigenvalue weighted by Gasteiger charge is 2.28. The van der Waals surface area contributed by atoms with Gasteiger partial charge in [-0.15, -0.1) is 0 Å². The van der Waals surface area contributed by atoms with Gasteiger partial charge >= 0.3 is 0 Å². The van der Waals surface area contributed by atoms with E-state index in [-0.39, 0.29) is 0 Å². The van der Waals surface area contributed by atoms with Crippen molar-refractivity contribution in [1.29, 1.82) is 0 Å². The first-order chi connectivity index (χ1) is 8.20. The second-order valence-corrected chi connectivity index (χ2v) is 7.67. The van der Waals surface area contributed by atoms with Crippen LogP contribution < -0.4 is 5.32 Å². The SMILES string of the molecule is CCSC1CCCC1N=C1NC(C)C(C)CS1. The van der Waals surface area contributed by atoms with Crippen LogP contribution in [-0.2, 0) is 0 Å². The number of aliphatic imine (C=N–C) groups is 1. The van der Waals surface area contributed by atoms with Crippen LogP contribution in [0.4, 0.5) is 0 Å². The lowest BCUT2D eigenvalue weighted by molar-refractivity contribution is 0.488. The monoisotopic (exact) mass is 272 g/mol. The van der Waals surface area contributed by atoms with Gasteiger partial charge in [0.25, 0.3) is 0 Å². The second-order valence-electron chi connectivity index (χ2n) is 5.15. The van der Waals surface area contributed by atoms with Gasteiger partial charge in [0.2, 0.25) is 0 Å². The zero-order valence-corrected chi connectivity index (χ0v) is 12.7. The zero-order valence-electron chi connectivity index (χ0n) is 11.1. The third-order valence-corrected chi connectivity index (χ3v) is 6.27. The fraction of sp³-hybridized carbons (Fsp3) is 0.923. The molecule has 0 bridgehead atoms. The van der Waals surface area contributed by atoms with Gasteiger partial charge < -0.3 is 5.32 Å². The van der Waals surface area contributed by atoms with E-state index in [2.05, 4.69) is 37.8 Å². The first-order valence-corrected chi connectivity index (χ1v) is 8.83. The maximum atomic E-state index is 4.97. The summed E-state index contributed by atoms with van der Waals surface area (Å²) in [5.74, 6) is 3.19. The molecule has 0 radical (unpaired) electrons. The second kappa shape index (κ2) is 6.37. The summed E-state index contributed by atoms with van der Waals surface area (Å²) in [6.07, 6.45) is 4.00. The van der Waals surface area contributed by atoms with Crippen molar-refractivity contribution in [3.05, 3.63) is 0 Å². The lowest BCUT2D eigenvalue weighted by Crippen LogP contribution is -2.42. The van der Waals surface area contributed by atoms with Crippen LogP contribution in [0.5, 0.6) is 0 Å². The number of amidine groups is 1. The van der Waals surface area contributed by atoms with Gasteiger partial charge in [-0.2, -0.15) is 11.8 Å². The molecule has 98 valence electrons. The van der Waals surface area contributed by atoms with Crippen LogP contribution in [0, 0.1) is 5.92 Å². The summed E-state index contributed by atoms with van der Waals surface area (Å²) >= 11 is 4.00. The lowest BCUT2D eigenvalue weighted by Gasteiger charge is -2.29. The molecular formula is C13H24N2S2. The lowest BCUT2D eigenvalue weighted by atomic mass is 10.1. The molecule has 1 N–H and O–H groups in total. The van der Waals surface area contributed by atoms with Crippen molar-refractivity contribution in [2.75, 3.05) is 11.5 Å². The molecule has 1 heterocycles. The Morgan fingerprint density at radius 1 is 1.41 bits per heavy atom. The summed E-state index contributed by atoms with van der Waals surface area (Å²) in [6, 6.07) is 1.14. The van der Waals surface area contributed by atoms with Crippen LogP contribution in [-0.4, -0.2) is 34.0 Å². The Bertz CT molecular complexity index is 281. The minimum absolute atomic E-state index is 0.565. The summed E-state index contributed by atoms with van der Waals surface area (Å²) in [4.78, 5) is 4.97. The van der Waals surface area contributed by atoms with Gasteiger partial charge in [0, 0.05) is 17.0 Å². The number of nitrogens with zero attached hydrogens (tertiary/aromatic N) is 1. The Morgan fingerprint density at radius 2 is 2.24 bits per heavy atom. The van der Waals surface area contributed by atoms with Gasteiger partial charge in [0.15, 0.2) is 5.17 Å². The van der Waals surface area contributed by atoms with E-state index < -0.39 is 0 Å². The Hall–Kier alpha value is 0.170. The van der Waals surface area contributed by atoms with Crippen molar-refractivity contribution < 1.29 is 0 Å². The first kappa shape index (κ1) is 13.6. The van der Waals surface area contributed by atoms with E-state index in [0.717, 1.165) is 11.2 Å². The molecular weight excluding hydrogens is 248 g/mol. The predicted molar refractivity (Wildman–Crippen MR) is 81.2 cm³/mol. The molecule has 2 fully saturated rings. The minimum atomic E-state index is 0.565. The Balaban J connectivity index is 1.94. The summed E-state index contributed by atoms with van der Waals surface area (Å²) in [5, 5.41) is 5.53. The Kier molecular flexibility index (Phi) is 5.10. The van der Waals surface area contributed by atoms with E-state index in [1.807, 2.05) is 11.8 Å². The molecule has 0 amide bonds. The molecule has 4 atom stereocenters. The van der Waals surface area contributed by atoms with Crippen LogP contribution in [0.3, 0.4) is 0 Å². The van der Waals surface area contributed by atoms with Gasteiger partial charge in [0.05, 0.1) is 6.04 Å². The molecule has 0 aromatic heterocycles. The topological polar surface area (TPSA) is 24.4 Å². The molecule has 2 nitrogen and oxygen atoms in total. The molecule has 4 heteroatoms. The number of hydrogen-bond acceptors (Lipinski definition) is 3. The molecule has 17 heavy (non-hydrogen) atoms. The van der Waals surface area contributed by atoms with E-state index in [1.165, 1.54) is 35.9 Å². The fourth-order valence-corrected chi connectivity index (χ4v) is 4.79. The minimum Gasteiger partial charge on any atom is -0.362 e. The third kappa shape index (κ3) is 3.57. The number of rotatable bonds is 3. The van der Waals surface area contributed by atoms with Gasteiger partial charge in [0.1, 0.15) is 0 Å². The number of nitrogens with one attached hydrogen (secondary N) is 1. The summed E-state index contributed by atoms with van der Waals surface area (Å²) in [7, 11) is 0. The van der Waals surface area contributed by atoms with Crippen LogP contribution in [0.15, 0.2) is 4.99 Å². The van der Waals surface area contributed by atoms with Gasteiger partial charge in [-0.3, -0.25) is 4.99 Å². The maximum Gasteiger partial charge on any atom is 0.157 e. The van der Waals surface area contributed by atoms with Gasteiger partial charge in [-0.1, -0.05) is 32.0 Å². The fourth-order valence-electron chi connectivity index (χ4n) is 2.42. The maximum absolute atomic E-state index is 4.97. The molecule has 0 spiro atoms. The molecule has 2 rings (SSSR count). The third-order valence-electron chi connectivity index (χ3n) is 3.77. The molecule has 0 aromatic rings. The van der Waals surface area contributed by atoms with Crippen LogP contribution in [0.1, 0.15) is 40.0 Å². The van der Waals surface area contributed by atoms with Crippen LogP contribution in [0.2, 0.25) is 0 Å². The van der Waals surface area contributed by atoms with Crippen LogP contribution in [0.25, 0.3) is 0 Å². The van der Waals surface area contributed by atoms with Crippen molar-refractivity contribution in [2.45, 2.75) is 57.4 Å². The van der Waals surface area contributed by atoms with Crippen molar-refractivity contribution in [3.8, 4) is 0 Å². The average molecular weight is 272 g/mol. The molecule has 1 aliphatic carbocycles. The highest BCUT2D eigenvalue weighted by molar-refractivity contribution is 8.13. The molecule has 1 saturated heterocycles. The summed E-state index contributed by atoms with van der Waals surface area (Å²) < 4.78 is 0. The zero-order chi connectivity index (χ0) is 12.3. The van der Waals surface area contributed by atoms with E-state index in [9.17, 15) is 0 Å². The van der Waals surface area contributed by atoms with Crippen molar-refractivity contribution in [3.63, 3.8) is 0 Å². The molecule has 1 aliphatic heterocycles. The largest absolute Gasteiger partial charge is 0.362 e. The van der Waals surface area contributed by atoms with Crippen molar-refractivity contribution in [2.24, 2.45) is 10.9 Å². The molecule has 4 unspecified atom stereocenters. The Morgan fingerprint density at radius 3 is 2.94 bits per heavy atom. The summed E-state index contributed by atoms with van der Waals surface area (Å²) in [5.41, 5.74) is 0. The number of thioether (sulfide) groups is 2. The van der Waals surface area contributed by atoms with Gasteiger partial charge in [-0.25, -0.2) is 0 Å². The first-order valence-electron chi connectivity index (χ1n) is 6.79. The van der Waals surface area contributed by atoms with E-state index in [0.29, 0.717) is 12.1 Å². The molecule has 2 aliphatic rings. The quantitative estimate of drug-likeness (QED) is 0.852. The smallest absolute Gasteiger partial charge is 0.157 e. The number of hydrogen-bond donors (Lipinski definition) is 1. The van der Waals surface area contributed by atoms with Crippen molar-refractivity contribution >= 4 is 28.7 Å². The van der Waals surface area contributed by atoms with Gasteiger partial charge in [-0.05, 0) is 31.4 Å². The van der Waals surface area contributed by atoms with Crippen LogP contribution >= 0.6 is 23.5 Å². The van der Waals surface area contributed by atoms with E-state index in [4.69, 9.17) is 4.99 Å². The van der Waals surface area contributed by atoms with Crippen molar-refractivity contribution in [1.82, 2.24) is 5.32 Å². The highest BCUT2D eigenvalue weighted by Crippen LogP contribution is 2.33. The molecule has 0 aromatic carbocycles. The predicted octanol–water partition coefficient (Wildman–Crippen LogP) is 3.38. The highest BCUT2D eigenvalue weighted by atomic mass is 32.2. The standard InChI is InChI=1S/C13H24N2S2/c1-4-16-12-7-5-6-11(12)15-13-14-10(3)9(2)8-17-13/h9-12H,4-8H2,1-3H3,(H,14,15). The normalized spacial score (nSPS) is 40.5. The molecule has 1 saturated carbocycles. The van der Waals surface area contributed by atoms with E-state index >= 15 is 0 Å².